The van der Waals surface area contributed by atoms with Crippen LogP contribution < -0.4 is 10.6 Å². The maximum Gasteiger partial charge on any atom is 0.229 e. The van der Waals surface area contributed by atoms with Crippen LogP contribution in [0.5, 0.6) is 0 Å². The zero-order chi connectivity index (χ0) is 54.5. The van der Waals surface area contributed by atoms with E-state index in [2.05, 4.69) is 20.6 Å². The summed E-state index contributed by atoms with van der Waals surface area (Å²) in [5.74, 6) is -0.293. The van der Waals surface area contributed by atoms with E-state index >= 15 is 0 Å². The Balaban J connectivity index is 1.49. The van der Waals surface area contributed by atoms with E-state index in [4.69, 9.17) is 20.0 Å². The Hall–Kier alpha value is -8.38. The number of aliphatic hydroxyl groups excluding tert-OH is 2. The fraction of sp³-hybridized carbons (Fsp3) is 0.281. The van der Waals surface area contributed by atoms with Crippen LogP contribution in [0, 0.1) is 21.7 Å². The van der Waals surface area contributed by atoms with E-state index in [-0.39, 0.29) is 23.6 Å². The zero-order valence-corrected chi connectivity index (χ0v) is 45.6. The molecule has 6 N–H and O–H groups in total. The molecule has 0 unspecified atom stereocenters. The number of carbonyl (C=O) groups excluding carboxylic acids is 2. The van der Waals surface area contributed by atoms with Crippen LogP contribution in [0.1, 0.15) is 106 Å². The number of rotatable bonds is 8. The van der Waals surface area contributed by atoms with Crippen LogP contribution in [-0.2, 0) is 22.4 Å². The highest BCUT2D eigenvalue weighted by Gasteiger charge is 2.28. The fourth-order valence-electron chi connectivity index (χ4n) is 9.01. The number of amides is 2. The average Bonchev–Trinajstić information content (AvgIpc) is 4.23. The molecule has 3 aromatic heterocycles. The molecule has 9 rings (SSSR count). The largest absolute Gasteiger partial charge is 0.496 e. The first-order valence-corrected chi connectivity index (χ1v) is 25.9. The number of nitrogens with one attached hydrogen (secondary N) is 4. The zero-order valence-electron chi connectivity index (χ0n) is 45.6. The van der Waals surface area contributed by atoms with Crippen LogP contribution in [0.2, 0.25) is 0 Å². The molecule has 0 aliphatic carbocycles. The molecule has 76 heavy (non-hydrogen) atoms. The first-order chi connectivity index (χ1) is 35.9. The second kappa shape index (κ2) is 20.0. The summed E-state index contributed by atoms with van der Waals surface area (Å²) in [5.41, 5.74) is 11.6. The van der Waals surface area contributed by atoms with Crippen molar-refractivity contribution in [2.24, 2.45) is 31.6 Å². The number of carbonyl (C=O) groups is 2. The molecule has 388 valence electrons. The summed E-state index contributed by atoms with van der Waals surface area (Å²) >= 11 is 0. The third-order valence-electron chi connectivity index (χ3n) is 13.4. The summed E-state index contributed by atoms with van der Waals surface area (Å²) in [6, 6.07) is 39.3. The normalized spacial score (nSPS) is 13.5. The van der Waals surface area contributed by atoms with Crippen molar-refractivity contribution in [2.75, 3.05) is 10.6 Å². The summed E-state index contributed by atoms with van der Waals surface area (Å²) in [6.07, 6.45) is 5.07. The van der Waals surface area contributed by atoms with Crippen LogP contribution in [0.3, 0.4) is 0 Å². The molecule has 0 atom stereocenters. The van der Waals surface area contributed by atoms with Gasteiger partial charge in [-0.1, -0.05) is 156 Å². The fourth-order valence-corrected chi connectivity index (χ4v) is 9.01. The Kier molecular flexibility index (Phi) is 13.8. The molecule has 12 heteroatoms. The molecule has 7 aromatic rings. The standard InChI is InChI=1S/C64H68N8O4/c1-61(2,3)57(73)69-41-25-17-13-21-37(41)53-45-29-31-47(65-45)54(38-22-14-18-26-42(38)70-58(74)62(4,5)6)49-33-35-51(67-49)56(40-24-16-20-28-44(40)72-60(76)64(10,11)12)52-36-34-50(68-52)55(48-32-30-46(53)66-48)39-23-15-19-27-43(39)71-59(75)63(7,8)9/h13-33,35,66-67H,34,36H2,1-12H3,(H,69,73)(H,70,74)(H,71,75)(H,72,76). The summed E-state index contributed by atoms with van der Waals surface area (Å²) in [6.45, 7) is 22.9. The number of H-pyrrole nitrogens is 2. The van der Waals surface area contributed by atoms with Gasteiger partial charge in [0.05, 0.1) is 34.2 Å². The number of para-hydroxylation sites is 4. The lowest BCUT2D eigenvalue weighted by Crippen LogP contribution is -2.27. The number of aliphatic hydroxyl groups is 2. The van der Waals surface area contributed by atoms with Crippen LogP contribution >= 0.6 is 0 Å². The maximum atomic E-state index is 13.8. The first-order valence-electron chi connectivity index (χ1n) is 25.9. The summed E-state index contributed by atoms with van der Waals surface area (Å²) < 4.78 is 0. The lowest BCUT2D eigenvalue weighted by atomic mass is 9.94. The SMILES string of the molecule is CC(C)(C)C(=O)Nc1ccccc1-c1c2nc(c(-c3ccccc3NC(=O)C(C)(C)C)c3ccc([nH]3)c(-c3ccccc3N=C(O)C(C)(C)C)c3nc(c(-c4ccccc4N=C(O)C(C)(C)C)c4ccc1[nH]4)CC3)C=C2. The maximum absolute atomic E-state index is 13.8. The number of aromatic nitrogens is 4. The second-order valence-corrected chi connectivity index (χ2v) is 23.7. The molecule has 0 fully saturated rings. The molecule has 4 aromatic carbocycles. The van der Waals surface area contributed by atoms with Gasteiger partial charge in [-0.25, -0.2) is 15.0 Å². The van der Waals surface area contributed by atoms with Gasteiger partial charge in [-0.2, -0.15) is 0 Å². The molecular formula is C64H68N8O4. The molecule has 5 heterocycles. The lowest BCUT2D eigenvalue weighted by molar-refractivity contribution is -0.123. The van der Waals surface area contributed by atoms with Gasteiger partial charge in [-0.15, -0.1) is 0 Å². The summed E-state index contributed by atoms with van der Waals surface area (Å²) in [4.78, 5) is 56.1. The average molecular weight is 1010 g/mol. The Morgan fingerprint density at radius 1 is 0.434 bits per heavy atom. The van der Waals surface area contributed by atoms with Crippen molar-refractivity contribution in [1.82, 2.24) is 19.9 Å². The number of anilines is 2. The Bertz CT molecular complexity index is 3470. The van der Waals surface area contributed by atoms with Crippen molar-refractivity contribution in [3.63, 3.8) is 0 Å². The van der Waals surface area contributed by atoms with E-state index < -0.39 is 21.7 Å². The number of benzene rings is 4. The minimum atomic E-state index is -0.683. The quantitative estimate of drug-likeness (QED) is 0.0651. The summed E-state index contributed by atoms with van der Waals surface area (Å²) in [5, 5.41) is 29.3. The minimum absolute atomic E-state index is 0.00613. The molecule has 2 aliphatic rings. The van der Waals surface area contributed by atoms with Crippen LogP contribution in [0.4, 0.5) is 22.7 Å². The summed E-state index contributed by atoms with van der Waals surface area (Å²) in [7, 11) is 0. The third kappa shape index (κ3) is 10.8. The molecule has 0 radical (unpaired) electrons. The van der Waals surface area contributed by atoms with Crippen molar-refractivity contribution in [1.29, 1.82) is 0 Å². The Morgan fingerprint density at radius 2 is 0.763 bits per heavy atom. The van der Waals surface area contributed by atoms with Gasteiger partial charge in [0, 0.05) is 99.6 Å². The van der Waals surface area contributed by atoms with Crippen molar-refractivity contribution < 1.29 is 19.8 Å². The van der Waals surface area contributed by atoms with Gasteiger partial charge in [0.2, 0.25) is 11.8 Å². The number of aliphatic imine (C=N–C) groups is 2. The highest BCUT2D eigenvalue weighted by atomic mass is 16.3. The van der Waals surface area contributed by atoms with Crippen LogP contribution in [0.25, 0.3) is 78.7 Å². The minimum Gasteiger partial charge on any atom is -0.496 e. The van der Waals surface area contributed by atoms with E-state index in [0.29, 0.717) is 47.0 Å². The van der Waals surface area contributed by atoms with Gasteiger partial charge in [0.1, 0.15) is 0 Å². The Labute approximate surface area is 445 Å². The molecular weight excluding hydrogens is 945 g/mol. The van der Waals surface area contributed by atoms with Crippen molar-refractivity contribution >= 4 is 80.6 Å². The number of nitrogens with zero attached hydrogens (tertiary/aromatic N) is 4. The first kappa shape index (κ1) is 52.5. The van der Waals surface area contributed by atoms with Gasteiger partial charge >= 0.3 is 0 Å². The van der Waals surface area contributed by atoms with E-state index in [1.807, 2.05) is 217 Å². The van der Waals surface area contributed by atoms with Crippen molar-refractivity contribution in [3.05, 3.63) is 144 Å². The topological polar surface area (TPSA) is 181 Å². The number of hydrogen-bond donors (Lipinski definition) is 6. The van der Waals surface area contributed by atoms with E-state index in [1.54, 1.807) is 0 Å². The van der Waals surface area contributed by atoms with Crippen LogP contribution in [0.15, 0.2) is 131 Å². The molecule has 0 saturated heterocycles. The second-order valence-electron chi connectivity index (χ2n) is 23.7. The highest BCUT2D eigenvalue weighted by molar-refractivity contribution is 6.06. The number of aromatic amines is 2. The van der Waals surface area contributed by atoms with E-state index in [0.717, 1.165) is 78.0 Å². The number of aryl methyl sites for hydroxylation is 2. The van der Waals surface area contributed by atoms with E-state index in [9.17, 15) is 19.8 Å². The molecule has 12 nitrogen and oxygen atoms in total. The van der Waals surface area contributed by atoms with Gasteiger partial charge in [0.15, 0.2) is 11.8 Å². The van der Waals surface area contributed by atoms with Gasteiger partial charge in [0.25, 0.3) is 0 Å². The van der Waals surface area contributed by atoms with Crippen molar-refractivity contribution in [2.45, 2.75) is 95.9 Å². The smallest absolute Gasteiger partial charge is 0.229 e. The third-order valence-corrected chi connectivity index (χ3v) is 13.4. The van der Waals surface area contributed by atoms with E-state index in [1.165, 1.54) is 0 Å². The molecule has 0 saturated carbocycles. The highest BCUT2D eigenvalue weighted by Crippen LogP contribution is 2.44. The van der Waals surface area contributed by atoms with Gasteiger partial charge in [-0.3, -0.25) is 14.6 Å². The number of fused-ring (bicyclic) bond motifs is 8. The van der Waals surface area contributed by atoms with Crippen LogP contribution in [-0.4, -0.2) is 53.8 Å². The Morgan fingerprint density at radius 3 is 1.12 bits per heavy atom. The monoisotopic (exact) mass is 1010 g/mol. The molecule has 0 spiro atoms. The van der Waals surface area contributed by atoms with Gasteiger partial charge < -0.3 is 30.8 Å². The predicted octanol–water partition coefficient (Wildman–Crippen LogP) is 16.2. The van der Waals surface area contributed by atoms with Crippen molar-refractivity contribution in [3.8, 4) is 44.5 Å². The lowest BCUT2D eigenvalue weighted by Gasteiger charge is -2.20. The predicted molar refractivity (Wildman–Crippen MR) is 314 cm³/mol. The number of hydrogen-bond acceptors (Lipinski definition) is 6. The molecule has 2 amide bonds. The molecule has 8 bridgehead atoms. The van der Waals surface area contributed by atoms with Gasteiger partial charge in [-0.05, 0) is 73.5 Å². The molecule has 2 aliphatic heterocycles.